The fraction of sp³-hybridized carbons (Fsp3) is 0.222. The lowest BCUT2D eigenvalue weighted by molar-refractivity contribution is -0.385. The zero-order valence-electron chi connectivity index (χ0n) is 21.9. The molecule has 0 fully saturated rings. The third kappa shape index (κ3) is 5.58. The topological polar surface area (TPSA) is 168 Å². The number of benzene rings is 2. The van der Waals surface area contributed by atoms with Crippen LogP contribution in [0.5, 0.6) is 0 Å². The van der Waals surface area contributed by atoms with Crippen molar-refractivity contribution < 1.29 is 14.5 Å². The molecule has 0 saturated heterocycles. The SMILES string of the molecule is Cc1ccc(NC(=O)CSc2nnc(N3C(N)=C(C#N)C(c4c(Cl)cccc4Cl)C4=C3CCCC4=O)s2)cc1[N+](=O)[O-]. The molecule has 0 spiro atoms. The van der Waals surface area contributed by atoms with E-state index in [2.05, 4.69) is 21.6 Å². The van der Waals surface area contributed by atoms with Gasteiger partial charge in [0.15, 0.2) is 10.1 Å². The average Bonchev–Trinajstić information content (AvgIpc) is 3.41. The number of ketones is 1. The fourth-order valence-electron chi connectivity index (χ4n) is 4.94. The summed E-state index contributed by atoms with van der Waals surface area (Å²) in [7, 11) is 0. The highest BCUT2D eigenvalue weighted by atomic mass is 35.5. The molecule has 0 radical (unpaired) electrons. The molecule has 1 aromatic heterocycles. The molecule has 1 aliphatic heterocycles. The maximum atomic E-state index is 13.3. The Morgan fingerprint density at radius 1 is 1.29 bits per heavy atom. The molecule has 1 aliphatic carbocycles. The minimum absolute atomic E-state index is 0.0371. The number of aryl methyl sites for hydroxylation is 1. The minimum atomic E-state index is -0.821. The van der Waals surface area contributed by atoms with Gasteiger partial charge in [0.05, 0.1) is 28.2 Å². The quantitative estimate of drug-likeness (QED) is 0.175. The lowest BCUT2D eigenvalue weighted by Crippen LogP contribution is -2.38. The molecule has 0 bridgehead atoms. The molecule has 5 rings (SSSR count). The number of carbonyl (C=O) groups excluding carboxylic acids is 2. The van der Waals surface area contributed by atoms with Crippen LogP contribution in [0.3, 0.4) is 0 Å². The Labute approximate surface area is 258 Å². The largest absolute Gasteiger partial charge is 0.384 e. The number of carbonyl (C=O) groups is 2. The second kappa shape index (κ2) is 12.1. The summed E-state index contributed by atoms with van der Waals surface area (Å²) in [5, 5.41) is 33.5. The van der Waals surface area contributed by atoms with E-state index < -0.39 is 10.8 Å². The maximum absolute atomic E-state index is 13.3. The van der Waals surface area contributed by atoms with Gasteiger partial charge < -0.3 is 11.1 Å². The van der Waals surface area contributed by atoms with Crippen molar-refractivity contribution in [3.8, 4) is 6.07 Å². The number of amides is 1. The summed E-state index contributed by atoms with van der Waals surface area (Å²) in [6.07, 6.45) is 1.40. The minimum Gasteiger partial charge on any atom is -0.384 e. The molecule has 2 aliphatic rings. The Bertz CT molecular complexity index is 1730. The first-order valence-electron chi connectivity index (χ1n) is 12.5. The van der Waals surface area contributed by atoms with Crippen LogP contribution in [-0.2, 0) is 9.59 Å². The molecule has 2 heterocycles. The second-order valence-corrected chi connectivity index (χ2v) is 12.4. The summed E-state index contributed by atoms with van der Waals surface area (Å²) >= 11 is 15.3. The summed E-state index contributed by atoms with van der Waals surface area (Å²) in [6, 6.07) is 11.6. The monoisotopic (exact) mass is 641 g/mol. The van der Waals surface area contributed by atoms with Crippen molar-refractivity contribution in [1.82, 2.24) is 10.2 Å². The normalized spacial score (nSPS) is 16.8. The number of Topliss-reactive ketones (excluding diaryl/α,β-unsaturated/α-hetero) is 1. The third-order valence-electron chi connectivity index (χ3n) is 6.81. The lowest BCUT2D eigenvalue weighted by Gasteiger charge is -2.38. The van der Waals surface area contributed by atoms with Gasteiger partial charge in [-0.3, -0.25) is 24.6 Å². The summed E-state index contributed by atoms with van der Waals surface area (Å²) in [5.74, 6) is -1.28. The van der Waals surface area contributed by atoms with Gasteiger partial charge in [-0.25, -0.2) is 0 Å². The van der Waals surface area contributed by atoms with Crippen molar-refractivity contribution in [1.29, 1.82) is 5.26 Å². The smallest absolute Gasteiger partial charge is 0.274 e. The van der Waals surface area contributed by atoms with E-state index in [-0.39, 0.29) is 34.5 Å². The highest BCUT2D eigenvalue weighted by molar-refractivity contribution is 8.01. The summed E-state index contributed by atoms with van der Waals surface area (Å²) in [4.78, 5) is 38.2. The van der Waals surface area contributed by atoms with Gasteiger partial charge in [0, 0.05) is 50.6 Å². The standard InChI is InChI=1S/C27H21Cl2N7O4S2/c1-13-8-9-14(10-19(13)36(39)40)32-21(38)12-41-27-34-33-26(42-27)35-18-6-3-7-20(37)24(18)22(15(11-30)25(35)31)23-16(28)4-2-5-17(23)29/h2,4-5,8-10,22H,3,6-7,12,31H2,1H3,(H,32,38). The Morgan fingerprint density at radius 3 is 2.71 bits per heavy atom. The first-order chi connectivity index (χ1) is 20.1. The molecular weight excluding hydrogens is 621 g/mol. The van der Waals surface area contributed by atoms with Crippen LogP contribution in [0, 0.1) is 28.4 Å². The fourth-order valence-corrected chi connectivity index (χ4v) is 7.24. The molecule has 1 atom stereocenters. The molecule has 11 nitrogen and oxygen atoms in total. The van der Waals surface area contributed by atoms with Crippen LogP contribution in [0.15, 0.2) is 63.4 Å². The van der Waals surface area contributed by atoms with Crippen molar-refractivity contribution in [2.75, 3.05) is 16.0 Å². The molecule has 214 valence electrons. The van der Waals surface area contributed by atoms with Gasteiger partial charge >= 0.3 is 0 Å². The third-order valence-corrected chi connectivity index (χ3v) is 9.51. The van der Waals surface area contributed by atoms with Gasteiger partial charge in [-0.15, -0.1) is 10.2 Å². The molecule has 1 amide bonds. The number of nitrogens with zero attached hydrogens (tertiary/aromatic N) is 5. The highest BCUT2D eigenvalue weighted by Crippen LogP contribution is 2.49. The number of rotatable bonds is 7. The van der Waals surface area contributed by atoms with Crippen LogP contribution in [0.25, 0.3) is 0 Å². The molecule has 15 heteroatoms. The Kier molecular flexibility index (Phi) is 8.51. The highest BCUT2D eigenvalue weighted by Gasteiger charge is 2.42. The number of hydrogen-bond donors (Lipinski definition) is 2. The van der Waals surface area contributed by atoms with E-state index in [1.54, 1.807) is 42.2 Å². The molecule has 1 unspecified atom stereocenters. The predicted octanol–water partition coefficient (Wildman–Crippen LogP) is 6.10. The molecule has 2 aromatic carbocycles. The van der Waals surface area contributed by atoms with E-state index in [1.165, 1.54) is 6.07 Å². The average molecular weight is 643 g/mol. The van der Waals surface area contributed by atoms with Gasteiger partial charge in [-0.2, -0.15) is 5.26 Å². The molecule has 3 aromatic rings. The zero-order valence-corrected chi connectivity index (χ0v) is 25.0. The van der Waals surface area contributed by atoms with Crippen LogP contribution >= 0.6 is 46.3 Å². The molecule has 42 heavy (non-hydrogen) atoms. The van der Waals surface area contributed by atoms with Crippen LogP contribution in [0.2, 0.25) is 10.0 Å². The predicted molar refractivity (Wildman–Crippen MR) is 161 cm³/mol. The molecular formula is C27H21Cl2N7O4S2. The number of hydrogen-bond acceptors (Lipinski definition) is 11. The number of nitrogens with two attached hydrogens (primary N) is 1. The molecule has 3 N–H and O–H groups in total. The Balaban J connectivity index is 1.41. The number of halogens is 2. The summed E-state index contributed by atoms with van der Waals surface area (Å²) in [6.45, 7) is 1.62. The lowest BCUT2D eigenvalue weighted by atomic mass is 9.75. The van der Waals surface area contributed by atoms with E-state index in [1.807, 2.05) is 0 Å². The van der Waals surface area contributed by atoms with Crippen LogP contribution in [-0.4, -0.2) is 32.6 Å². The second-order valence-electron chi connectivity index (χ2n) is 9.40. The maximum Gasteiger partial charge on any atom is 0.274 e. The van der Waals surface area contributed by atoms with E-state index in [9.17, 15) is 25.0 Å². The van der Waals surface area contributed by atoms with Crippen molar-refractivity contribution in [2.24, 2.45) is 5.73 Å². The van der Waals surface area contributed by atoms with Gasteiger partial charge in [0.2, 0.25) is 11.0 Å². The van der Waals surface area contributed by atoms with Gasteiger partial charge in [0.1, 0.15) is 5.82 Å². The number of nitrogens with one attached hydrogen (secondary N) is 1. The number of allylic oxidation sites excluding steroid dienone is 3. The van der Waals surface area contributed by atoms with Crippen molar-refractivity contribution in [2.45, 2.75) is 36.4 Å². The van der Waals surface area contributed by atoms with Gasteiger partial charge in [-0.1, -0.05) is 58.4 Å². The van der Waals surface area contributed by atoms with Crippen LogP contribution in [0.1, 0.15) is 36.3 Å². The number of anilines is 2. The first kappa shape index (κ1) is 29.5. The van der Waals surface area contributed by atoms with Crippen LogP contribution < -0.4 is 16.0 Å². The van der Waals surface area contributed by atoms with Crippen LogP contribution in [0.4, 0.5) is 16.5 Å². The van der Waals surface area contributed by atoms with E-state index >= 15 is 0 Å². The van der Waals surface area contributed by atoms with E-state index in [0.717, 1.165) is 23.1 Å². The van der Waals surface area contributed by atoms with E-state index in [4.69, 9.17) is 28.9 Å². The Hall–Kier alpha value is -3.96. The van der Waals surface area contributed by atoms with Crippen molar-refractivity contribution in [3.05, 3.63) is 90.3 Å². The van der Waals surface area contributed by atoms with Crippen molar-refractivity contribution in [3.63, 3.8) is 0 Å². The number of thioether (sulfide) groups is 1. The first-order valence-corrected chi connectivity index (χ1v) is 15.1. The Morgan fingerprint density at radius 2 is 2.02 bits per heavy atom. The zero-order chi connectivity index (χ0) is 30.1. The van der Waals surface area contributed by atoms with E-state index in [0.29, 0.717) is 66.9 Å². The van der Waals surface area contributed by atoms with Gasteiger partial charge in [-0.05, 0) is 38.0 Å². The van der Waals surface area contributed by atoms with Crippen molar-refractivity contribution >= 4 is 74.5 Å². The number of nitro groups is 1. The number of nitro benzene ring substituents is 1. The summed E-state index contributed by atoms with van der Waals surface area (Å²) < 4.78 is 0.446. The summed E-state index contributed by atoms with van der Waals surface area (Å²) in [5.41, 5.74) is 8.85. The van der Waals surface area contributed by atoms with Gasteiger partial charge in [0.25, 0.3) is 5.69 Å². The number of nitriles is 1. The molecule has 0 saturated carbocycles. The number of aromatic nitrogens is 2.